The van der Waals surface area contributed by atoms with Gasteiger partial charge in [0.15, 0.2) is 5.69 Å². The molecule has 154 valence electrons. The Hall–Kier alpha value is -3.63. The second-order valence-electron chi connectivity index (χ2n) is 6.33. The Morgan fingerprint density at radius 2 is 1.20 bits per heavy atom. The molecule has 11 heteroatoms. The van der Waals surface area contributed by atoms with E-state index in [1.807, 2.05) is 0 Å². The lowest BCUT2D eigenvalue weighted by atomic mass is 10.1. The topological polar surface area (TPSA) is 55.2 Å². The molecule has 30 heavy (non-hydrogen) atoms. The first-order chi connectivity index (χ1) is 14.0. The van der Waals surface area contributed by atoms with E-state index in [4.69, 9.17) is 0 Å². The zero-order valence-electron chi connectivity index (χ0n) is 14.6. The monoisotopic (exact) mass is 425 g/mol. The normalized spacial score (nSPS) is 14.4. The first-order valence-electron chi connectivity index (χ1n) is 8.31. The van der Waals surface area contributed by atoms with Gasteiger partial charge in [0.25, 0.3) is 11.8 Å². The predicted octanol–water partition coefficient (Wildman–Crippen LogP) is 4.71. The van der Waals surface area contributed by atoms with Crippen LogP contribution in [-0.4, -0.2) is 21.6 Å². The number of nitrogens with zero attached hydrogens (tertiary/aromatic N) is 3. The average Bonchev–Trinajstić information content (AvgIpc) is 3.24. The molecule has 2 amide bonds. The molecule has 0 bridgehead atoms. The SMILES string of the molecule is O=C1c2ccccc2C(=O)N1c1ccc(-n2nc(C(F)(F)F)cc2C(F)(F)F)cc1. The summed E-state index contributed by atoms with van der Waals surface area (Å²) in [7, 11) is 0. The molecule has 1 aromatic heterocycles. The van der Waals surface area contributed by atoms with E-state index < -0.39 is 35.6 Å². The maximum absolute atomic E-state index is 13.2. The van der Waals surface area contributed by atoms with Crippen LogP contribution < -0.4 is 4.90 Å². The van der Waals surface area contributed by atoms with Crippen LogP contribution in [0.1, 0.15) is 32.1 Å². The summed E-state index contributed by atoms with van der Waals surface area (Å²) in [6.07, 6.45) is -10.1. The third-order valence-corrected chi connectivity index (χ3v) is 4.44. The molecular formula is C19H9F6N3O2. The molecule has 5 nitrogen and oxygen atoms in total. The van der Waals surface area contributed by atoms with E-state index in [0.717, 1.165) is 29.2 Å². The van der Waals surface area contributed by atoms with Crippen molar-refractivity contribution in [1.82, 2.24) is 9.78 Å². The second-order valence-corrected chi connectivity index (χ2v) is 6.33. The van der Waals surface area contributed by atoms with E-state index in [0.29, 0.717) is 0 Å². The number of anilines is 1. The fourth-order valence-corrected chi connectivity index (χ4v) is 3.09. The molecule has 4 rings (SSSR count). The number of amides is 2. The van der Waals surface area contributed by atoms with Gasteiger partial charge >= 0.3 is 12.4 Å². The van der Waals surface area contributed by atoms with Crippen molar-refractivity contribution in [2.75, 3.05) is 4.90 Å². The lowest BCUT2D eigenvalue weighted by Crippen LogP contribution is -2.29. The van der Waals surface area contributed by atoms with Gasteiger partial charge in [-0.2, -0.15) is 31.4 Å². The molecule has 0 unspecified atom stereocenters. The number of hydrogen-bond donors (Lipinski definition) is 0. The Labute approximate surface area is 164 Å². The first-order valence-corrected chi connectivity index (χ1v) is 8.31. The van der Waals surface area contributed by atoms with Crippen molar-refractivity contribution in [2.45, 2.75) is 12.4 Å². The van der Waals surface area contributed by atoms with Crippen LogP contribution in [0.5, 0.6) is 0 Å². The molecule has 0 fully saturated rings. The predicted molar refractivity (Wildman–Crippen MR) is 91.2 cm³/mol. The van der Waals surface area contributed by atoms with Gasteiger partial charge < -0.3 is 0 Å². The van der Waals surface area contributed by atoms with Gasteiger partial charge in [0.05, 0.1) is 22.5 Å². The molecule has 0 atom stereocenters. The van der Waals surface area contributed by atoms with Crippen molar-refractivity contribution >= 4 is 17.5 Å². The van der Waals surface area contributed by atoms with Crippen molar-refractivity contribution in [3.63, 3.8) is 0 Å². The molecule has 2 heterocycles. The zero-order valence-corrected chi connectivity index (χ0v) is 14.6. The molecule has 0 aliphatic carbocycles. The van der Waals surface area contributed by atoms with Crippen molar-refractivity contribution in [2.24, 2.45) is 0 Å². The smallest absolute Gasteiger partial charge is 0.268 e. The Balaban J connectivity index is 1.73. The minimum absolute atomic E-state index is 0.0571. The van der Waals surface area contributed by atoms with Gasteiger partial charge in [-0.3, -0.25) is 9.59 Å². The van der Waals surface area contributed by atoms with Crippen molar-refractivity contribution in [3.8, 4) is 5.69 Å². The van der Waals surface area contributed by atoms with Gasteiger partial charge in [-0.1, -0.05) is 12.1 Å². The fourth-order valence-electron chi connectivity index (χ4n) is 3.09. The largest absolute Gasteiger partial charge is 0.435 e. The highest BCUT2D eigenvalue weighted by Crippen LogP contribution is 2.37. The van der Waals surface area contributed by atoms with E-state index in [-0.39, 0.29) is 33.2 Å². The van der Waals surface area contributed by atoms with Gasteiger partial charge in [0.1, 0.15) is 5.69 Å². The third kappa shape index (κ3) is 3.11. The number of benzene rings is 2. The summed E-state index contributed by atoms with van der Waals surface area (Å²) in [4.78, 5) is 25.8. The minimum atomic E-state index is -5.09. The van der Waals surface area contributed by atoms with Gasteiger partial charge in [0.2, 0.25) is 0 Å². The summed E-state index contributed by atoms with van der Waals surface area (Å²) in [6.45, 7) is 0. The van der Waals surface area contributed by atoms with Crippen molar-refractivity contribution in [1.29, 1.82) is 0 Å². The number of carbonyl (C=O) groups excluding carboxylic acids is 2. The number of alkyl halides is 6. The quantitative estimate of drug-likeness (QED) is 0.442. The van der Waals surface area contributed by atoms with Crippen LogP contribution in [0.25, 0.3) is 5.69 Å². The molecular weight excluding hydrogens is 416 g/mol. The number of imide groups is 1. The molecule has 0 spiro atoms. The van der Waals surface area contributed by atoms with Crippen LogP contribution in [0, 0.1) is 0 Å². The highest BCUT2D eigenvalue weighted by atomic mass is 19.4. The first kappa shape index (κ1) is 19.7. The van der Waals surface area contributed by atoms with Crippen LogP contribution >= 0.6 is 0 Å². The van der Waals surface area contributed by atoms with E-state index in [9.17, 15) is 35.9 Å². The Bertz CT molecular complexity index is 1130. The van der Waals surface area contributed by atoms with Crippen molar-refractivity contribution in [3.05, 3.63) is 77.1 Å². The van der Waals surface area contributed by atoms with Crippen molar-refractivity contribution < 1.29 is 35.9 Å². The number of halogens is 6. The number of fused-ring (bicyclic) bond motifs is 1. The standard InChI is InChI=1S/C19H9F6N3O2/c20-18(21,22)14-9-15(19(23,24)25)28(26-14)11-7-5-10(6-8-11)27-16(29)12-3-1-2-4-13(12)17(27)30/h1-9H. The summed E-state index contributed by atoms with van der Waals surface area (Å²) in [5, 5.41) is 3.03. The molecule has 1 aliphatic rings. The maximum Gasteiger partial charge on any atom is 0.435 e. The van der Waals surface area contributed by atoms with Gasteiger partial charge in [0, 0.05) is 6.07 Å². The van der Waals surface area contributed by atoms with E-state index in [1.54, 1.807) is 12.1 Å². The molecule has 0 N–H and O–H groups in total. The minimum Gasteiger partial charge on any atom is -0.268 e. The number of carbonyl (C=O) groups is 2. The molecule has 0 radical (unpaired) electrons. The van der Waals surface area contributed by atoms with Gasteiger partial charge in [-0.15, -0.1) is 0 Å². The highest BCUT2D eigenvalue weighted by molar-refractivity contribution is 6.34. The Kier molecular flexibility index (Phi) is 4.22. The third-order valence-electron chi connectivity index (χ3n) is 4.44. The van der Waals surface area contributed by atoms with Crippen LogP contribution in [-0.2, 0) is 12.4 Å². The summed E-state index contributed by atoms with van der Waals surface area (Å²) in [5.74, 6) is -1.23. The summed E-state index contributed by atoms with van der Waals surface area (Å²) in [6, 6.07) is 10.4. The Morgan fingerprint density at radius 1 is 0.700 bits per heavy atom. The molecule has 0 saturated heterocycles. The van der Waals surface area contributed by atoms with Crippen LogP contribution in [0.3, 0.4) is 0 Å². The fraction of sp³-hybridized carbons (Fsp3) is 0.105. The molecule has 3 aromatic rings. The zero-order chi connectivity index (χ0) is 21.8. The lowest BCUT2D eigenvalue weighted by Gasteiger charge is -2.15. The molecule has 2 aromatic carbocycles. The summed E-state index contributed by atoms with van der Waals surface area (Å²) < 4.78 is 78.2. The second kappa shape index (κ2) is 6.44. The Morgan fingerprint density at radius 3 is 1.67 bits per heavy atom. The van der Waals surface area contributed by atoms with Crippen LogP contribution in [0.15, 0.2) is 54.6 Å². The maximum atomic E-state index is 13.2. The molecule has 0 saturated carbocycles. The lowest BCUT2D eigenvalue weighted by molar-refractivity contribution is -0.143. The average molecular weight is 425 g/mol. The number of aromatic nitrogens is 2. The molecule has 1 aliphatic heterocycles. The van der Waals surface area contributed by atoms with Gasteiger partial charge in [-0.05, 0) is 36.4 Å². The highest BCUT2D eigenvalue weighted by Gasteiger charge is 2.42. The number of rotatable bonds is 2. The van der Waals surface area contributed by atoms with Gasteiger partial charge in [-0.25, -0.2) is 9.58 Å². The number of hydrogen-bond acceptors (Lipinski definition) is 3. The van der Waals surface area contributed by atoms with Crippen LogP contribution in [0.2, 0.25) is 0 Å². The van der Waals surface area contributed by atoms with E-state index in [2.05, 4.69) is 5.10 Å². The van der Waals surface area contributed by atoms with E-state index in [1.165, 1.54) is 12.1 Å². The summed E-state index contributed by atoms with van der Waals surface area (Å²) in [5.41, 5.74) is -3.22. The summed E-state index contributed by atoms with van der Waals surface area (Å²) >= 11 is 0. The van der Waals surface area contributed by atoms with E-state index >= 15 is 0 Å². The van der Waals surface area contributed by atoms with Crippen LogP contribution in [0.4, 0.5) is 32.0 Å².